The molecule has 0 atom stereocenters. The third-order valence-electron chi connectivity index (χ3n) is 3.09. The van der Waals surface area contributed by atoms with E-state index in [-0.39, 0.29) is 0 Å². The van der Waals surface area contributed by atoms with Gasteiger partial charge < -0.3 is 9.73 Å². The highest BCUT2D eigenvalue weighted by atomic mass is 16.3. The molecule has 2 heteroatoms. The molecule has 1 aromatic carbocycles. The first-order valence-electron chi connectivity index (χ1n) is 7.07. The molecule has 0 amide bonds. The number of furan rings is 1. The first-order valence-corrected chi connectivity index (χ1v) is 7.07. The van der Waals surface area contributed by atoms with Crippen LogP contribution in [0.3, 0.4) is 0 Å². The largest absolute Gasteiger partial charge is 0.460 e. The number of hydrogen-bond donors (Lipinski definition) is 1. The minimum absolute atomic E-state index is 0.696. The van der Waals surface area contributed by atoms with Gasteiger partial charge in [-0.05, 0) is 36.6 Å². The fourth-order valence-electron chi connectivity index (χ4n) is 2.15. The van der Waals surface area contributed by atoms with E-state index >= 15 is 0 Å². The molecule has 0 saturated carbocycles. The minimum atomic E-state index is 0.696. The van der Waals surface area contributed by atoms with Crippen LogP contribution in [0, 0.1) is 5.92 Å². The summed E-state index contributed by atoms with van der Waals surface area (Å²) >= 11 is 0. The van der Waals surface area contributed by atoms with Crippen LogP contribution in [0.15, 0.2) is 40.8 Å². The molecule has 19 heavy (non-hydrogen) atoms. The zero-order chi connectivity index (χ0) is 13.7. The molecule has 102 valence electrons. The minimum Gasteiger partial charge on any atom is -0.460 e. The van der Waals surface area contributed by atoms with Crippen molar-refractivity contribution in [2.24, 2.45) is 5.92 Å². The molecule has 1 aromatic heterocycles. The first-order chi connectivity index (χ1) is 9.19. The van der Waals surface area contributed by atoms with Crippen LogP contribution in [-0.2, 0) is 13.0 Å². The van der Waals surface area contributed by atoms with Crippen molar-refractivity contribution in [3.05, 3.63) is 47.7 Å². The Morgan fingerprint density at radius 1 is 1.05 bits per heavy atom. The molecule has 1 heterocycles. The molecule has 0 aliphatic heterocycles. The summed E-state index contributed by atoms with van der Waals surface area (Å²) in [4.78, 5) is 0. The van der Waals surface area contributed by atoms with Gasteiger partial charge in [-0.3, -0.25) is 0 Å². The number of rotatable bonds is 6. The standard InChI is InChI=1S/C17H23NO/c1-4-18-12-16-9-10-17(19-16)15-7-5-14(6-8-15)11-13(2)3/h5-10,13,18H,4,11-12H2,1-3H3. The summed E-state index contributed by atoms with van der Waals surface area (Å²) in [7, 11) is 0. The van der Waals surface area contributed by atoms with Crippen LogP contribution in [0.4, 0.5) is 0 Å². The number of hydrogen-bond acceptors (Lipinski definition) is 2. The molecule has 0 unspecified atom stereocenters. The summed E-state index contributed by atoms with van der Waals surface area (Å²) in [5.41, 5.74) is 2.54. The van der Waals surface area contributed by atoms with E-state index < -0.39 is 0 Å². The average Bonchev–Trinajstić information content (AvgIpc) is 2.85. The van der Waals surface area contributed by atoms with E-state index in [2.05, 4.69) is 50.4 Å². The molecule has 0 saturated heterocycles. The van der Waals surface area contributed by atoms with Gasteiger partial charge in [0.25, 0.3) is 0 Å². The van der Waals surface area contributed by atoms with E-state index in [0.29, 0.717) is 5.92 Å². The van der Waals surface area contributed by atoms with Crippen LogP contribution in [-0.4, -0.2) is 6.54 Å². The Balaban J connectivity index is 2.07. The van der Waals surface area contributed by atoms with Gasteiger partial charge in [-0.15, -0.1) is 0 Å². The molecule has 2 rings (SSSR count). The van der Waals surface area contributed by atoms with Crippen LogP contribution in [0.1, 0.15) is 32.1 Å². The summed E-state index contributed by atoms with van der Waals surface area (Å²) in [6.45, 7) is 8.33. The van der Waals surface area contributed by atoms with Crippen LogP contribution < -0.4 is 5.32 Å². The summed E-state index contributed by atoms with van der Waals surface area (Å²) in [5, 5.41) is 3.27. The molecule has 0 spiro atoms. The van der Waals surface area contributed by atoms with E-state index in [4.69, 9.17) is 4.42 Å². The third kappa shape index (κ3) is 3.97. The smallest absolute Gasteiger partial charge is 0.134 e. The molecule has 0 fully saturated rings. The molecule has 0 aliphatic carbocycles. The summed E-state index contributed by atoms with van der Waals surface area (Å²) in [6.07, 6.45) is 1.13. The predicted octanol–water partition coefficient (Wildman–Crippen LogP) is 4.25. The van der Waals surface area contributed by atoms with Gasteiger partial charge in [-0.1, -0.05) is 45.0 Å². The predicted molar refractivity (Wildman–Crippen MR) is 80.1 cm³/mol. The van der Waals surface area contributed by atoms with E-state index in [1.54, 1.807) is 0 Å². The summed E-state index contributed by atoms with van der Waals surface area (Å²) < 4.78 is 5.83. The van der Waals surface area contributed by atoms with Gasteiger partial charge in [0.2, 0.25) is 0 Å². The Morgan fingerprint density at radius 3 is 2.42 bits per heavy atom. The molecular formula is C17H23NO. The monoisotopic (exact) mass is 257 g/mol. The fraction of sp³-hybridized carbons (Fsp3) is 0.412. The lowest BCUT2D eigenvalue weighted by atomic mass is 10.0. The van der Waals surface area contributed by atoms with Gasteiger partial charge in [-0.2, -0.15) is 0 Å². The van der Waals surface area contributed by atoms with Gasteiger partial charge in [0.15, 0.2) is 0 Å². The van der Waals surface area contributed by atoms with Crippen LogP contribution in [0.5, 0.6) is 0 Å². The average molecular weight is 257 g/mol. The highest BCUT2D eigenvalue weighted by molar-refractivity contribution is 5.57. The van der Waals surface area contributed by atoms with Crippen molar-refractivity contribution >= 4 is 0 Å². The van der Waals surface area contributed by atoms with Gasteiger partial charge in [0.1, 0.15) is 11.5 Å². The second-order valence-corrected chi connectivity index (χ2v) is 5.34. The molecule has 0 radical (unpaired) electrons. The van der Waals surface area contributed by atoms with Gasteiger partial charge in [-0.25, -0.2) is 0 Å². The zero-order valence-electron chi connectivity index (χ0n) is 12.1. The molecule has 0 bridgehead atoms. The Bertz CT molecular complexity index is 496. The lowest BCUT2D eigenvalue weighted by Gasteiger charge is -2.05. The van der Waals surface area contributed by atoms with Crippen LogP contribution in [0.25, 0.3) is 11.3 Å². The molecule has 2 nitrogen and oxygen atoms in total. The van der Waals surface area contributed by atoms with Crippen molar-refractivity contribution in [3.63, 3.8) is 0 Å². The van der Waals surface area contributed by atoms with Crippen molar-refractivity contribution in [1.29, 1.82) is 0 Å². The van der Waals surface area contributed by atoms with Gasteiger partial charge >= 0.3 is 0 Å². The van der Waals surface area contributed by atoms with Crippen molar-refractivity contribution < 1.29 is 4.42 Å². The first kappa shape index (κ1) is 13.9. The molecule has 1 N–H and O–H groups in total. The highest BCUT2D eigenvalue weighted by Crippen LogP contribution is 2.23. The quantitative estimate of drug-likeness (QED) is 0.836. The Hall–Kier alpha value is -1.54. The Morgan fingerprint density at radius 2 is 1.79 bits per heavy atom. The summed E-state index contributed by atoms with van der Waals surface area (Å²) in [5.74, 6) is 2.63. The van der Waals surface area contributed by atoms with Gasteiger partial charge in [0.05, 0.1) is 6.54 Å². The molecule has 0 aliphatic rings. The molecule has 2 aromatic rings. The fourth-order valence-corrected chi connectivity index (χ4v) is 2.15. The maximum Gasteiger partial charge on any atom is 0.134 e. The number of benzene rings is 1. The Kier molecular flexibility index (Phi) is 4.80. The van der Waals surface area contributed by atoms with Crippen LogP contribution in [0.2, 0.25) is 0 Å². The second kappa shape index (κ2) is 6.58. The number of nitrogens with one attached hydrogen (secondary N) is 1. The second-order valence-electron chi connectivity index (χ2n) is 5.34. The topological polar surface area (TPSA) is 25.2 Å². The van der Waals surface area contributed by atoms with E-state index in [9.17, 15) is 0 Å². The van der Waals surface area contributed by atoms with Gasteiger partial charge in [0, 0.05) is 5.56 Å². The zero-order valence-corrected chi connectivity index (χ0v) is 12.1. The van der Waals surface area contributed by atoms with E-state index in [0.717, 1.165) is 36.6 Å². The lowest BCUT2D eigenvalue weighted by Crippen LogP contribution is -2.10. The molecular weight excluding hydrogens is 234 g/mol. The Labute approximate surface area is 115 Å². The van der Waals surface area contributed by atoms with Crippen LogP contribution >= 0.6 is 0 Å². The van der Waals surface area contributed by atoms with Crippen molar-refractivity contribution in [1.82, 2.24) is 5.32 Å². The lowest BCUT2D eigenvalue weighted by molar-refractivity contribution is 0.498. The maximum atomic E-state index is 5.83. The maximum absolute atomic E-state index is 5.83. The third-order valence-corrected chi connectivity index (χ3v) is 3.09. The highest BCUT2D eigenvalue weighted by Gasteiger charge is 2.05. The SMILES string of the molecule is CCNCc1ccc(-c2ccc(CC(C)C)cc2)o1. The van der Waals surface area contributed by atoms with E-state index in [1.165, 1.54) is 5.56 Å². The van der Waals surface area contributed by atoms with Crippen molar-refractivity contribution in [2.75, 3.05) is 6.54 Å². The van der Waals surface area contributed by atoms with Crippen molar-refractivity contribution in [2.45, 2.75) is 33.7 Å². The van der Waals surface area contributed by atoms with Crippen molar-refractivity contribution in [3.8, 4) is 11.3 Å². The normalized spacial score (nSPS) is 11.2. The summed E-state index contributed by atoms with van der Waals surface area (Å²) in [6, 6.07) is 12.8. The van der Waals surface area contributed by atoms with E-state index in [1.807, 2.05) is 12.1 Å².